The smallest absolute Gasteiger partial charge is 0.243 e. The molecule has 0 amide bonds. The standard InChI is InChI=1S/C21H21N7O3S/c1-16-3-2-4-20(11-16)31-19-5-7-21(8-6-19)32(29,30)26-14-18(15-26)27-12-17(24-25-27)13-28-22-9-10-23-28/h2-12,18H,13-15H2,1H3. The summed E-state index contributed by atoms with van der Waals surface area (Å²) in [6.07, 6.45) is 5.00. The molecule has 164 valence electrons. The van der Waals surface area contributed by atoms with Crippen molar-refractivity contribution in [3.63, 3.8) is 0 Å². The molecule has 1 fully saturated rings. The lowest BCUT2D eigenvalue weighted by Crippen LogP contribution is -2.50. The van der Waals surface area contributed by atoms with Gasteiger partial charge in [0.1, 0.15) is 23.7 Å². The Labute approximate surface area is 185 Å². The fourth-order valence-electron chi connectivity index (χ4n) is 3.46. The summed E-state index contributed by atoms with van der Waals surface area (Å²) in [6.45, 7) is 3.08. The van der Waals surface area contributed by atoms with Gasteiger partial charge < -0.3 is 4.74 Å². The highest BCUT2D eigenvalue weighted by atomic mass is 32.2. The summed E-state index contributed by atoms with van der Waals surface area (Å²) < 4.78 is 34.8. The number of sulfonamides is 1. The molecule has 0 unspecified atom stereocenters. The molecular weight excluding hydrogens is 430 g/mol. The molecule has 5 rings (SSSR count). The van der Waals surface area contributed by atoms with Crippen molar-refractivity contribution in [1.82, 2.24) is 34.3 Å². The van der Waals surface area contributed by atoms with Gasteiger partial charge in [0.05, 0.1) is 29.5 Å². The second kappa shape index (κ2) is 8.17. The first-order chi connectivity index (χ1) is 15.5. The Morgan fingerprint density at radius 1 is 1.03 bits per heavy atom. The number of ether oxygens (including phenoxy) is 1. The van der Waals surface area contributed by atoms with E-state index in [4.69, 9.17) is 4.74 Å². The van der Waals surface area contributed by atoms with E-state index in [1.165, 1.54) is 9.10 Å². The molecule has 1 aliphatic rings. The van der Waals surface area contributed by atoms with Crippen LogP contribution in [-0.4, -0.2) is 55.8 Å². The van der Waals surface area contributed by atoms with Gasteiger partial charge in [0.2, 0.25) is 10.0 Å². The molecule has 0 spiro atoms. The van der Waals surface area contributed by atoms with E-state index in [0.717, 1.165) is 5.56 Å². The van der Waals surface area contributed by atoms with Crippen molar-refractivity contribution in [2.45, 2.75) is 24.4 Å². The van der Waals surface area contributed by atoms with E-state index in [0.29, 0.717) is 36.8 Å². The maximum absolute atomic E-state index is 12.9. The van der Waals surface area contributed by atoms with E-state index in [-0.39, 0.29) is 10.9 Å². The largest absolute Gasteiger partial charge is 0.457 e. The first-order valence-corrected chi connectivity index (χ1v) is 11.5. The van der Waals surface area contributed by atoms with Gasteiger partial charge in [-0.15, -0.1) is 5.10 Å². The third-order valence-electron chi connectivity index (χ3n) is 5.22. The zero-order valence-electron chi connectivity index (χ0n) is 17.3. The third kappa shape index (κ3) is 4.12. The van der Waals surface area contributed by atoms with Gasteiger partial charge >= 0.3 is 0 Å². The summed E-state index contributed by atoms with van der Waals surface area (Å²) in [6, 6.07) is 14.1. The minimum atomic E-state index is -3.58. The van der Waals surface area contributed by atoms with Crippen molar-refractivity contribution in [1.29, 1.82) is 0 Å². The lowest BCUT2D eigenvalue weighted by atomic mass is 10.2. The summed E-state index contributed by atoms with van der Waals surface area (Å²) in [4.78, 5) is 1.75. The number of benzene rings is 2. The second-order valence-electron chi connectivity index (χ2n) is 7.62. The molecule has 2 aromatic carbocycles. The highest BCUT2D eigenvalue weighted by molar-refractivity contribution is 7.89. The lowest BCUT2D eigenvalue weighted by Gasteiger charge is -2.37. The fraction of sp³-hybridized carbons (Fsp3) is 0.238. The number of aromatic nitrogens is 6. The highest BCUT2D eigenvalue weighted by Crippen LogP contribution is 2.29. The van der Waals surface area contributed by atoms with Gasteiger partial charge in [0, 0.05) is 13.1 Å². The molecule has 2 aromatic heterocycles. The van der Waals surface area contributed by atoms with Crippen LogP contribution in [0.1, 0.15) is 17.3 Å². The number of hydrogen-bond acceptors (Lipinski definition) is 7. The van der Waals surface area contributed by atoms with Gasteiger partial charge in [-0.2, -0.15) is 19.3 Å². The fourth-order valence-corrected chi connectivity index (χ4v) is 4.97. The molecule has 0 bridgehead atoms. The predicted molar refractivity (Wildman–Crippen MR) is 115 cm³/mol. The minimum Gasteiger partial charge on any atom is -0.457 e. The maximum atomic E-state index is 12.9. The average molecular weight is 452 g/mol. The van der Waals surface area contributed by atoms with Crippen LogP contribution in [0.15, 0.2) is 72.0 Å². The Morgan fingerprint density at radius 2 is 1.78 bits per heavy atom. The number of rotatable bonds is 7. The van der Waals surface area contributed by atoms with Crippen LogP contribution in [-0.2, 0) is 16.6 Å². The average Bonchev–Trinajstić information content (AvgIpc) is 3.40. The van der Waals surface area contributed by atoms with Crippen molar-refractivity contribution in [3.05, 3.63) is 78.4 Å². The molecule has 0 aliphatic carbocycles. The van der Waals surface area contributed by atoms with Gasteiger partial charge in [-0.25, -0.2) is 13.1 Å². The molecule has 1 saturated heterocycles. The SMILES string of the molecule is Cc1cccc(Oc2ccc(S(=O)(=O)N3CC(n4cc(Cn5nccn5)nn4)C3)cc2)c1. The van der Waals surface area contributed by atoms with Gasteiger partial charge in [-0.3, -0.25) is 0 Å². The Kier molecular flexibility index (Phi) is 5.19. The van der Waals surface area contributed by atoms with Crippen LogP contribution < -0.4 is 4.74 Å². The van der Waals surface area contributed by atoms with E-state index in [1.807, 2.05) is 31.2 Å². The molecule has 0 N–H and O–H groups in total. The predicted octanol–water partition coefficient (Wildman–Crippen LogP) is 2.26. The van der Waals surface area contributed by atoms with E-state index in [9.17, 15) is 8.42 Å². The maximum Gasteiger partial charge on any atom is 0.243 e. The minimum absolute atomic E-state index is 0.0551. The Morgan fingerprint density at radius 3 is 2.50 bits per heavy atom. The molecular formula is C21H21N7O3S. The summed E-state index contributed by atoms with van der Waals surface area (Å²) in [7, 11) is -3.58. The quantitative estimate of drug-likeness (QED) is 0.424. The van der Waals surface area contributed by atoms with Gasteiger partial charge in [0.25, 0.3) is 0 Å². The van der Waals surface area contributed by atoms with E-state index in [1.54, 1.807) is 47.5 Å². The molecule has 4 aromatic rings. The van der Waals surface area contributed by atoms with Crippen molar-refractivity contribution >= 4 is 10.0 Å². The molecule has 0 atom stereocenters. The number of hydrogen-bond donors (Lipinski definition) is 0. The first-order valence-electron chi connectivity index (χ1n) is 10.1. The van der Waals surface area contributed by atoms with Crippen LogP contribution in [0.5, 0.6) is 11.5 Å². The zero-order valence-corrected chi connectivity index (χ0v) is 18.1. The van der Waals surface area contributed by atoms with Gasteiger partial charge in [-0.05, 0) is 48.9 Å². The number of aryl methyl sites for hydroxylation is 1. The molecule has 0 radical (unpaired) electrons. The second-order valence-corrected chi connectivity index (χ2v) is 9.55. The molecule has 11 heteroatoms. The van der Waals surface area contributed by atoms with Crippen LogP contribution in [0, 0.1) is 6.92 Å². The van der Waals surface area contributed by atoms with E-state index in [2.05, 4.69) is 20.5 Å². The topological polar surface area (TPSA) is 108 Å². The van der Waals surface area contributed by atoms with Crippen LogP contribution in [0.2, 0.25) is 0 Å². The summed E-state index contributed by atoms with van der Waals surface area (Å²) >= 11 is 0. The lowest BCUT2D eigenvalue weighted by molar-refractivity contribution is 0.189. The monoisotopic (exact) mass is 451 g/mol. The Balaban J connectivity index is 1.21. The summed E-state index contributed by atoms with van der Waals surface area (Å²) in [5.41, 5.74) is 1.80. The van der Waals surface area contributed by atoms with Crippen molar-refractivity contribution < 1.29 is 13.2 Å². The van der Waals surface area contributed by atoms with Crippen LogP contribution in [0.4, 0.5) is 0 Å². The molecule has 32 heavy (non-hydrogen) atoms. The van der Waals surface area contributed by atoms with Gasteiger partial charge in [0.15, 0.2) is 0 Å². The van der Waals surface area contributed by atoms with E-state index >= 15 is 0 Å². The zero-order chi connectivity index (χ0) is 22.1. The van der Waals surface area contributed by atoms with Crippen molar-refractivity contribution in [2.75, 3.05) is 13.1 Å². The third-order valence-corrected chi connectivity index (χ3v) is 7.06. The van der Waals surface area contributed by atoms with E-state index < -0.39 is 10.0 Å². The summed E-state index contributed by atoms with van der Waals surface area (Å²) in [5, 5.41) is 16.3. The first kappa shape index (κ1) is 20.3. The summed E-state index contributed by atoms with van der Waals surface area (Å²) in [5.74, 6) is 1.29. The van der Waals surface area contributed by atoms with Crippen LogP contribution in [0.25, 0.3) is 0 Å². The molecule has 0 saturated carbocycles. The van der Waals surface area contributed by atoms with Crippen LogP contribution in [0.3, 0.4) is 0 Å². The Hall–Kier alpha value is -3.57. The molecule has 1 aliphatic heterocycles. The molecule has 10 nitrogen and oxygen atoms in total. The van der Waals surface area contributed by atoms with Crippen molar-refractivity contribution in [3.8, 4) is 11.5 Å². The van der Waals surface area contributed by atoms with Crippen LogP contribution >= 0.6 is 0 Å². The van der Waals surface area contributed by atoms with Crippen molar-refractivity contribution in [2.24, 2.45) is 0 Å². The normalized spacial score (nSPS) is 14.9. The molecule has 3 heterocycles. The Bertz CT molecular complexity index is 1310. The number of nitrogens with zero attached hydrogens (tertiary/aromatic N) is 7. The van der Waals surface area contributed by atoms with Gasteiger partial charge in [-0.1, -0.05) is 17.3 Å². The highest BCUT2D eigenvalue weighted by Gasteiger charge is 2.38.